The van der Waals surface area contributed by atoms with Crippen molar-refractivity contribution in [1.82, 2.24) is 4.90 Å². The van der Waals surface area contributed by atoms with Crippen molar-refractivity contribution in [2.75, 3.05) is 31.2 Å². The number of ether oxygens (including phenoxy) is 2. The van der Waals surface area contributed by atoms with Crippen molar-refractivity contribution in [3.8, 4) is 11.5 Å². The van der Waals surface area contributed by atoms with Crippen LogP contribution in [0.3, 0.4) is 0 Å². The van der Waals surface area contributed by atoms with E-state index in [0.717, 1.165) is 12.1 Å². The molecule has 0 bridgehead atoms. The molecule has 3 heterocycles. The average molecular weight is 378 g/mol. The molecule has 0 N–H and O–H groups in total. The lowest BCUT2D eigenvalue weighted by Crippen LogP contribution is -2.40. The summed E-state index contributed by atoms with van der Waals surface area (Å²) in [4.78, 5) is 29.3. The molecule has 1 fully saturated rings. The zero-order chi connectivity index (χ0) is 19.1. The van der Waals surface area contributed by atoms with E-state index in [0.29, 0.717) is 44.3 Å². The summed E-state index contributed by atoms with van der Waals surface area (Å²) in [5, 5.41) is 0. The lowest BCUT2D eigenvalue weighted by atomic mass is 9.98. The third-order valence-corrected chi connectivity index (χ3v) is 5.75. The maximum Gasteiger partial charge on any atom is 0.228 e. The fourth-order valence-electron chi connectivity index (χ4n) is 4.26. The van der Waals surface area contributed by atoms with Gasteiger partial charge in [-0.2, -0.15) is 0 Å². The van der Waals surface area contributed by atoms with Crippen LogP contribution < -0.4 is 14.4 Å². The first-order chi connectivity index (χ1) is 13.7. The average Bonchev–Trinajstić information content (AvgIpc) is 3.14. The van der Waals surface area contributed by atoms with Gasteiger partial charge in [0.05, 0.1) is 5.92 Å². The highest BCUT2D eigenvalue weighted by molar-refractivity contribution is 6.00. The van der Waals surface area contributed by atoms with E-state index < -0.39 is 0 Å². The molecule has 1 saturated heterocycles. The summed E-state index contributed by atoms with van der Waals surface area (Å²) >= 11 is 0. The first-order valence-corrected chi connectivity index (χ1v) is 9.74. The molecular formula is C22H22N2O4. The second-order valence-corrected chi connectivity index (χ2v) is 7.51. The third kappa shape index (κ3) is 2.99. The molecule has 0 aliphatic carbocycles. The second kappa shape index (κ2) is 6.86. The summed E-state index contributed by atoms with van der Waals surface area (Å²) in [7, 11) is 0. The number of carbonyl (C=O) groups excluding carboxylic acids is 2. The minimum atomic E-state index is -0.300. The van der Waals surface area contributed by atoms with Gasteiger partial charge in [0.25, 0.3) is 0 Å². The smallest absolute Gasteiger partial charge is 0.228 e. The molecular weight excluding hydrogens is 356 g/mol. The molecule has 3 aliphatic heterocycles. The van der Waals surface area contributed by atoms with Crippen LogP contribution in [-0.4, -0.2) is 43.0 Å². The van der Waals surface area contributed by atoms with Crippen LogP contribution >= 0.6 is 0 Å². The maximum absolute atomic E-state index is 13.1. The Morgan fingerprint density at radius 2 is 1.79 bits per heavy atom. The van der Waals surface area contributed by atoms with E-state index in [1.165, 1.54) is 11.1 Å². The van der Waals surface area contributed by atoms with E-state index >= 15 is 0 Å². The minimum absolute atomic E-state index is 0.0209. The van der Waals surface area contributed by atoms with Gasteiger partial charge in [-0.25, -0.2) is 0 Å². The van der Waals surface area contributed by atoms with Crippen LogP contribution in [0, 0.1) is 5.92 Å². The Labute approximate surface area is 163 Å². The Morgan fingerprint density at radius 1 is 1.00 bits per heavy atom. The molecule has 0 unspecified atom stereocenters. The predicted octanol–water partition coefficient (Wildman–Crippen LogP) is 2.40. The largest absolute Gasteiger partial charge is 0.486 e. The lowest BCUT2D eigenvalue weighted by Gasteiger charge is -2.30. The third-order valence-electron chi connectivity index (χ3n) is 5.75. The van der Waals surface area contributed by atoms with E-state index in [1.807, 2.05) is 35.2 Å². The maximum atomic E-state index is 13.1. The van der Waals surface area contributed by atoms with E-state index in [1.54, 1.807) is 4.90 Å². The van der Waals surface area contributed by atoms with Crippen LogP contribution in [0.1, 0.15) is 17.5 Å². The van der Waals surface area contributed by atoms with Crippen molar-refractivity contribution >= 4 is 17.5 Å². The molecule has 6 nitrogen and oxygen atoms in total. The number of hydrogen-bond acceptors (Lipinski definition) is 4. The van der Waals surface area contributed by atoms with E-state index in [-0.39, 0.29) is 24.2 Å². The first kappa shape index (κ1) is 17.1. The quantitative estimate of drug-likeness (QED) is 0.805. The highest BCUT2D eigenvalue weighted by atomic mass is 16.6. The Kier molecular flexibility index (Phi) is 4.19. The monoisotopic (exact) mass is 378 g/mol. The first-order valence-electron chi connectivity index (χ1n) is 9.74. The number of anilines is 1. The fraction of sp³-hybridized carbons (Fsp3) is 0.364. The molecule has 144 valence electrons. The number of amides is 2. The van der Waals surface area contributed by atoms with Crippen molar-refractivity contribution in [2.24, 2.45) is 5.92 Å². The molecule has 1 atom stereocenters. The highest BCUT2D eigenvalue weighted by Gasteiger charge is 2.38. The van der Waals surface area contributed by atoms with Gasteiger partial charge in [-0.15, -0.1) is 0 Å². The molecule has 0 radical (unpaired) electrons. The van der Waals surface area contributed by atoms with Crippen LogP contribution in [0.5, 0.6) is 11.5 Å². The molecule has 2 aromatic carbocycles. The van der Waals surface area contributed by atoms with Gasteiger partial charge < -0.3 is 19.3 Å². The zero-order valence-corrected chi connectivity index (χ0v) is 15.6. The van der Waals surface area contributed by atoms with Crippen molar-refractivity contribution in [3.63, 3.8) is 0 Å². The number of fused-ring (bicyclic) bond motifs is 2. The highest BCUT2D eigenvalue weighted by Crippen LogP contribution is 2.36. The molecule has 3 aliphatic rings. The van der Waals surface area contributed by atoms with Gasteiger partial charge in [0.2, 0.25) is 11.8 Å². The van der Waals surface area contributed by atoms with Crippen LogP contribution in [-0.2, 0) is 22.6 Å². The van der Waals surface area contributed by atoms with Gasteiger partial charge in [0, 0.05) is 37.8 Å². The van der Waals surface area contributed by atoms with Crippen molar-refractivity contribution in [2.45, 2.75) is 19.4 Å². The van der Waals surface area contributed by atoms with Crippen LogP contribution in [0.25, 0.3) is 0 Å². The fourth-order valence-corrected chi connectivity index (χ4v) is 4.26. The Bertz CT molecular complexity index is 942. The van der Waals surface area contributed by atoms with Crippen molar-refractivity contribution < 1.29 is 19.1 Å². The minimum Gasteiger partial charge on any atom is -0.486 e. The molecule has 2 aromatic rings. The molecule has 0 aromatic heterocycles. The van der Waals surface area contributed by atoms with Gasteiger partial charge >= 0.3 is 0 Å². The Balaban J connectivity index is 1.31. The van der Waals surface area contributed by atoms with Crippen LogP contribution in [0.15, 0.2) is 42.5 Å². The molecule has 6 heteroatoms. The Hall–Kier alpha value is -3.02. The number of hydrogen-bond donors (Lipinski definition) is 0. The summed E-state index contributed by atoms with van der Waals surface area (Å²) in [6, 6.07) is 13.8. The number of carbonyl (C=O) groups is 2. The number of benzene rings is 2. The number of rotatable bonds is 2. The van der Waals surface area contributed by atoms with E-state index in [2.05, 4.69) is 12.1 Å². The molecule has 0 spiro atoms. The van der Waals surface area contributed by atoms with Crippen molar-refractivity contribution in [3.05, 3.63) is 53.6 Å². The standard InChI is InChI=1S/C22H22N2O4/c25-21-11-17(22(26)23-8-7-15-3-1-2-4-16(15)13-23)14-24(21)18-5-6-19-20(12-18)28-10-9-27-19/h1-6,12,17H,7-11,13-14H2/t17-/m0/s1. The molecule has 0 saturated carbocycles. The predicted molar refractivity (Wildman–Crippen MR) is 103 cm³/mol. The topological polar surface area (TPSA) is 59.1 Å². The summed E-state index contributed by atoms with van der Waals surface area (Å²) in [6.07, 6.45) is 1.12. The van der Waals surface area contributed by atoms with E-state index in [9.17, 15) is 9.59 Å². The summed E-state index contributed by atoms with van der Waals surface area (Å²) in [5.74, 6) is 1.10. The Morgan fingerprint density at radius 3 is 2.64 bits per heavy atom. The van der Waals surface area contributed by atoms with Gasteiger partial charge in [-0.3, -0.25) is 9.59 Å². The zero-order valence-electron chi connectivity index (χ0n) is 15.6. The van der Waals surface area contributed by atoms with Gasteiger partial charge in [0.15, 0.2) is 11.5 Å². The molecule has 5 rings (SSSR count). The lowest BCUT2D eigenvalue weighted by molar-refractivity contribution is -0.136. The normalized spacial score (nSPS) is 20.9. The van der Waals surface area contributed by atoms with Crippen LogP contribution in [0.4, 0.5) is 5.69 Å². The summed E-state index contributed by atoms with van der Waals surface area (Å²) in [6.45, 7) is 2.79. The number of nitrogens with zero attached hydrogens (tertiary/aromatic N) is 2. The molecule has 28 heavy (non-hydrogen) atoms. The summed E-state index contributed by atoms with van der Waals surface area (Å²) < 4.78 is 11.2. The summed E-state index contributed by atoms with van der Waals surface area (Å²) in [5.41, 5.74) is 3.27. The van der Waals surface area contributed by atoms with Gasteiger partial charge in [-0.05, 0) is 29.7 Å². The van der Waals surface area contributed by atoms with Crippen LogP contribution in [0.2, 0.25) is 0 Å². The SMILES string of the molecule is O=C([C@H]1CC(=O)N(c2ccc3c(c2)OCCO3)C1)N1CCc2ccccc2C1. The second-order valence-electron chi connectivity index (χ2n) is 7.51. The van der Waals surface area contributed by atoms with Crippen molar-refractivity contribution in [1.29, 1.82) is 0 Å². The van der Waals surface area contributed by atoms with E-state index in [4.69, 9.17) is 9.47 Å². The van der Waals surface area contributed by atoms with Gasteiger partial charge in [0.1, 0.15) is 13.2 Å². The molecule has 2 amide bonds. The van der Waals surface area contributed by atoms with Gasteiger partial charge in [-0.1, -0.05) is 24.3 Å².